The molecule has 0 aliphatic carbocycles. The molecule has 0 atom stereocenters. The van der Waals surface area contributed by atoms with Crippen molar-refractivity contribution >= 4 is 33.5 Å². The fourth-order valence-electron chi connectivity index (χ4n) is 1.09. The van der Waals surface area contributed by atoms with Crippen molar-refractivity contribution in [1.29, 1.82) is 0 Å². The molecule has 7 heteroatoms. The van der Waals surface area contributed by atoms with E-state index in [1.807, 2.05) is 0 Å². The van der Waals surface area contributed by atoms with E-state index in [1.54, 1.807) is 7.05 Å². The minimum absolute atomic E-state index is 0.0422. The lowest BCUT2D eigenvalue weighted by Crippen LogP contribution is -2.26. The zero-order chi connectivity index (χ0) is 12.0. The molecule has 0 spiro atoms. The van der Waals surface area contributed by atoms with Gasteiger partial charge < -0.3 is 16.0 Å². The fourth-order valence-corrected chi connectivity index (χ4v) is 1.63. The first kappa shape index (κ1) is 12.7. The van der Waals surface area contributed by atoms with Crippen molar-refractivity contribution < 1.29 is 4.79 Å². The first-order chi connectivity index (χ1) is 7.65. The molecular formula is C9H14BrN5O. The highest BCUT2D eigenvalue weighted by molar-refractivity contribution is 9.10. The lowest BCUT2D eigenvalue weighted by Gasteiger charge is -2.09. The van der Waals surface area contributed by atoms with E-state index >= 15 is 0 Å². The summed E-state index contributed by atoms with van der Waals surface area (Å²) in [6.07, 6.45) is 1.47. The van der Waals surface area contributed by atoms with E-state index in [2.05, 4.69) is 41.8 Å². The van der Waals surface area contributed by atoms with Crippen molar-refractivity contribution in [3.8, 4) is 0 Å². The van der Waals surface area contributed by atoms with Crippen molar-refractivity contribution in [2.45, 2.75) is 6.92 Å². The second kappa shape index (κ2) is 6.26. The maximum absolute atomic E-state index is 10.6. The number of halogens is 1. The summed E-state index contributed by atoms with van der Waals surface area (Å²) >= 11 is 3.39. The van der Waals surface area contributed by atoms with Gasteiger partial charge in [-0.05, 0) is 15.9 Å². The van der Waals surface area contributed by atoms with Crippen LogP contribution in [0.25, 0.3) is 0 Å². The quantitative estimate of drug-likeness (QED) is 0.699. The van der Waals surface area contributed by atoms with Crippen LogP contribution in [0.3, 0.4) is 0 Å². The maximum Gasteiger partial charge on any atom is 0.216 e. The first-order valence-corrected chi connectivity index (χ1v) is 5.61. The van der Waals surface area contributed by atoms with Crippen LogP contribution in [0.5, 0.6) is 0 Å². The molecule has 16 heavy (non-hydrogen) atoms. The second-order valence-electron chi connectivity index (χ2n) is 3.04. The van der Waals surface area contributed by atoms with Crippen molar-refractivity contribution in [2.75, 3.05) is 30.8 Å². The standard InChI is InChI=1S/C9H14BrN5O/c1-6(16)12-3-4-13-9-7(10)8(11-2)14-5-15-9/h5H,3-4H2,1-2H3,(H,12,16)(H2,11,13,14,15). The monoisotopic (exact) mass is 287 g/mol. The third-order valence-corrected chi connectivity index (χ3v) is 2.57. The highest BCUT2D eigenvalue weighted by Gasteiger charge is 2.06. The number of aromatic nitrogens is 2. The molecule has 0 aliphatic rings. The van der Waals surface area contributed by atoms with Gasteiger partial charge in [0.2, 0.25) is 5.91 Å². The number of carbonyl (C=O) groups is 1. The molecule has 88 valence electrons. The molecule has 6 nitrogen and oxygen atoms in total. The third kappa shape index (κ3) is 3.65. The van der Waals surface area contributed by atoms with Crippen LogP contribution in [-0.2, 0) is 4.79 Å². The molecule has 3 N–H and O–H groups in total. The summed E-state index contributed by atoms with van der Waals surface area (Å²) in [5.41, 5.74) is 0. The molecule has 0 aliphatic heterocycles. The number of nitrogens with one attached hydrogen (secondary N) is 3. The summed E-state index contributed by atoms with van der Waals surface area (Å²) in [7, 11) is 1.79. The van der Waals surface area contributed by atoms with Gasteiger partial charge in [0, 0.05) is 27.1 Å². The molecule has 1 aromatic rings. The zero-order valence-corrected chi connectivity index (χ0v) is 10.8. The predicted octanol–water partition coefficient (Wildman–Crippen LogP) is 0.829. The fraction of sp³-hybridized carbons (Fsp3) is 0.444. The Morgan fingerprint density at radius 3 is 2.69 bits per heavy atom. The van der Waals surface area contributed by atoms with Gasteiger partial charge in [0.05, 0.1) is 0 Å². The van der Waals surface area contributed by atoms with Crippen LogP contribution in [0.2, 0.25) is 0 Å². The molecule has 0 fully saturated rings. The number of carbonyl (C=O) groups excluding carboxylic acids is 1. The predicted molar refractivity (Wildman–Crippen MR) is 66.5 cm³/mol. The number of hydrogen-bond acceptors (Lipinski definition) is 5. The average molecular weight is 288 g/mol. The zero-order valence-electron chi connectivity index (χ0n) is 9.17. The van der Waals surface area contributed by atoms with Crippen molar-refractivity contribution in [2.24, 2.45) is 0 Å². The Morgan fingerprint density at radius 2 is 2.06 bits per heavy atom. The lowest BCUT2D eigenvalue weighted by atomic mass is 10.5. The summed E-state index contributed by atoms with van der Waals surface area (Å²) in [6.45, 7) is 2.65. The van der Waals surface area contributed by atoms with Crippen molar-refractivity contribution in [1.82, 2.24) is 15.3 Å². The highest BCUT2D eigenvalue weighted by Crippen LogP contribution is 2.25. The van der Waals surface area contributed by atoms with E-state index in [1.165, 1.54) is 13.3 Å². The molecule has 0 saturated carbocycles. The normalized spacial score (nSPS) is 9.69. The maximum atomic E-state index is 10.6. The Labute approximate surface area is 102 Å². The van der Waals surface area contributed by atoms with E-state index in [0.717, 1.165) is 10.3 Å². The summed E-state index contributed by atoms with van der Waals surface area (Å²) in [5.74, 6) is 1.38. The van der Waals surface area contributed by atoms with Gasteiger partial charge in [0.1, 0.15) is 22.4 Å². The molecule has 0 aromatic carbocycles. The Hall–Kier alpha value is -1.37. The van der Waals surface area contributed by atoms with E-state index in [9.17, 15) is 4.79 Å². The summed E-state index contributed by atoms with van der Waals surface area (Å²) < 4.78 is 0.778. The largest absolute Gasteiger partial charge is 0.372 e. The molecule has 0 radical (unpaired) electrons. The van der Waals surface area contributed by atoms with Crippen LogP contribution in [0, 0.1) is 0 Å². The van der Waals surface area contributed by atoms with Crippen LogP contribution in [0.15, 0.2) is 10.8 Å². The number of nitrogens with zero attached hydrogens (tertiary/aromatic N) is 2. The van der Waals surface area contributed by atoms with Gasteiger partial charge in [0.15, 0.2) is 0 Å². The van der Waals surface area contributed by atoms with Gasteiger partial charge >= 0.3 is 0 Å². The smallest absolute Gasteiger partial charge is 0.216 e. The highest BCUT2D eigenvalue weighted by atomic mass is 79.9. The Morgan fingerprint density at radius 1 is 1.38 bits per heavy atom. The van der Waals surface area contributed by atoms with Gasteiger partial charge in [-0.3, -0.25) is 4.79 Å². The first-order valence-electron chi connectivity index (χ1n) is 4.81. The van der Waals surface area contributed by atoms with Crippen molar-refractivity contribution in [3.05, 3.63) is 10.8 Å². The van der Waals surface area contributed by atoms with Gasteiger partial charge in [-0.25, -0.2) is 9.97 Å². The molecule has 1 aromatic heterocycles. The van der Waals surface area contributed by atoms with Gasteiger partial charge in [-0.2, -0.15) is 0 Å². The van der Waals surface area contributed by atoms with Crippen LogP contribution >= 0.6 is 15.9 Å². The molecule has 1 amide bonds. The SMILES string of the molecule is CNc1ncnc(NCCNC(C)=O)c1Br. The number of rotatable bonds is 5. The summed E-state index contributed by atoms with van der Waals surface area (Å²) in [5, 5.41) is 8.71. The van der Waals surface area contributed by atoms with Crippen LogP contribution in [-0.4, -0.2) is 36.0 Å². The summed E-state index contributed by atoms with van der Waals surface area (Å²) in [6, 6.07) is 0. The van der Waals surface area contributed by atoms with Crippen molar-refractivity contribution in [3.63, 3.8) is 0 Å². The van der Waals surface area contributed by atoms with E-state index < -0.39 is 0 Å². The minimum atomic E-state index is -0.0422. The number of hydrogen-bond donors (Lipinski definition) is 3. The third-order valence-electron chi connectivity index (χ3n) is 1.82. The van der Waals surface area contributed by atoms with Crippen LogP contribution in [0.1, 0.15) is 6.92 Å². The summed E-state index contributed by atoms with van der Waals surface area (Å²) in [4.78, 5) is 18.8. The van der Waals surface area contributed by atoms with Gasteiger partial charge in [-0.1, -0.05) is 0 Å². The second-order valence-corrected chi connectivity index (χ2v) is 3.84. The van der Waals surface area contributed by atoms with E-state index in [-0.39, 0.29) is 5.91 Å². The van der Waals surface area contributed by atoms with Gasteiger partial charge in [-0.15, -0.1) is 0 Å². The number of amides is 1. The molecule has 0 unspecified atom stereocenters. The Bertz CT molecular complexity index is 371. The van der Waals surface area contributed by atoms with E-state index in [4.69, 9.17) is 0 Å². The lowest BCUT2D eigenvalue weighted by molar-refractivity contribution is -0.118. The van der Waals surface area contributed by atoms with E-state index in [0.29, 0.717) is 18.9 Å². The average Bonchev–Trinajstić information content (AvgIpc) is 2.26. The Kier molecular flexibility index (Phi) is 4.97. The number of anilines is 2. The van der Waals surface area contributed by atoms with Crippen LogP contribution in [0.4, 0.5) is 11.6 Å². The molecule has 1 rings (SSSR count). The Balaban J connectivity index is 2.50. The molecular weight excluding hydrogens is 274 g/mol. The molecule has 1 heterocycles. The molecule has 0 bridgehead atoms. The van der Waals surface area contributed by atoms with Crippen LogP contribution < -0.4 is 16.0 Å². The topological polar surface area (TPSA) is 78.9 Å². The minimum Gasteiger partial charge on any atom is -0.372 e. The van der Waals surface area contributed by atoms with Gasteiger partial charge in [0.25, 0.3) is 0 Å². The molecule has 0 saturated heterocycles.